The molecule has 0 spiro atoms. The molecule has 0 fully saturated rings. The van der Waals surface area contributed by atoms with Crippen LogP contribution in [0.5, 0.6) is 0 Å². The number of carbonyl (C=O) groups is 1. The monoisotopic (exact) mass is 486 g/mol. The highest BCUT2D eigenvalue weighted by molar-refractivity contribution is 6.77. The Hall–Kier alpha value is -2.71. The first kappa shape index (κ1) is 25.9. The second-order valence-electron chi connectivity index (χ2n) is 9.44. The number of anilines is 2. The standard InChI is InChI=1S/C26H35FN2O4Si/c1-8-31-26(30)25-24(20-14-28-12-11-23(20)33-25)29-22-10-9-19(13-21(22)27)15-32-34(16(2)3,17(4)5)18(6)7/h9-14,16-18,29H,8,15H2,1-7H3. The van der Waals surface area contributed by atoms with Gasteiger partial charge >= 0.3 is 5.97 Å². The highest BCUT2D eigenvalue weighted by Gasteiger charge is 2.45. The summed E-state index contributed by atoms with van der Waals surface area (Å²) in [7, 11) is -2.06. The summed E-state index contributed by atoms with van der Waals surface area (Å²) in [6.07, 6.45) is 3.13. The van der Waals surface area contributed by atoms with Crippen molar-refractivity contribution in [2.24, 2.45) is 0 Å². The third-order valence-corrected chi connectivity index (χ3v) is 12.5. The number of fused-ring (bicyclic) bond motifs is 1. The van der Waals surface area contributed by atoms with Crippen LogP contribution in [0, 0.1) is 5.82 Å². The molecule has 0 amide bonds. The molecule has 184 valence electrons. The normalized spacial score (nSPS) is 12.2. The summed E-state index contributed by atoms with van der Waals surface area (Å²) in [5.41, 5.74) is 3.12. The van der Waals surface area contributed by atoms with E-state index in [1.54, 1.807) is 31.5 Å². The molecule has 1 N–H and O–H groups in total. The van der Waals surface area contributed by atoms with Crippen LogP contribution in [0.15, 0.2) is 41.1 Å². The van der Waals surface area contributed by atoms with Gasteiger partial charge in [-0.1, -0.05) is 47.6 Å². The summed E-state index contributed by atoms with van der Waals surface area (Å²) in [6.45, 7) is 15.6. The number of aromatic nitrogens is 1. The lowest BCUT2D eigenvalue weighted by molar-refractivity contribution is 0.0494. The first-order valence-corrected chi connectivity index (χ1v) is 14.0. The number of benzene rings is 1. The number of nitrogens with zero attached hydrogens (tertiary/aromatic N) is 1. The molecule has 8 heteroatoms. The Morgan fingerprint density at radius 2 is 1.79 bits per heavy atom. The van der Waals surface area contributed by atoms with E-state index in [0.29, 0.717) is 39.9 Å². The SMILES string of the molecule is CCOC(=O)c1oc2ccncc2c1Nc1ccc(CO[Si](C(C)C)(C(C)C)C(C)C)cc1F. The third-order valence-electron chi connectivity index (χ3n) is 6.44. The first-order chi connectivity index (χ1) is 16.1. The first-order valence-electron chi connectivity index (χ1n) is 11.8. The van der Waals surface area contributed by atoms with Crippen molar-refractivity contribution in [2.45, 2.75) is 71.7 Å². The van der Waals surface area contributed by atoms with Crippen molar-refractivity contribution in [3.05, 3.63) is 53.8 Å². The summed E-state index contributed by atoms with van der Waals surface area (Å²) < 4.78 is 32.5. The molecule has 0 atom stereocenters. The van der Waals surface area contributed by atoms with Crippen molar-refractivity contribution in [2.75, 3.05) is 11.9 Å². The number of esters is 1. The Balaban J connectivity index is 1.88. The predicted molar refractivity (Wildman–Crippen MR) is 135 cm³/mol. The number of hydrogen-bond donors (Lipinski definition) is 1. The van der Waals surface area contributed by atoms with E-state index in [4.69, 9.17) is 13.6 Å². The van der Waals surface area contributed by atoms with Crippen LogP contribution in [0.4, 0.5) is 15.8 Å². The molecule has 0 saturated heterocycles. The minimum atomic E-state index is -2.06. The van der Waals surface area contributed by atoms with E-state index < -0.39 is 20.1 Å². The number of hydrogen-bond acceptors (Lipinski definition) is 6. The average Bonchev–Trinajstić information content (AvgIpc) is 3.14. The number of halogens is 1. The van der Waals surface area contributed by atoms with Gasteiger partial charge in [0.2, 0.25) is 14.1 Å². The van der Waals surface area contributed by atoms with E-state index in [9.17, 15) is 4.79 Å². The molecular weight excluding hydrogens is 451 g/mol. The fourth-order valence-electron chi connectivity index (χ4n) is 5.00. The minimum absolute atomic E-state index is 0.0155. The Labute approximate surface area is 202 Å². The van der Waals surface area contributed by atoms with Gasteiger partial charge in [-0.2, -0.15) is 0 Å². The fraction of sp³-hybridized carbons (Fsp3) is 0.462. The van der Waals surface area contributed by atoms with Gasteiger partial charge in [-0.3, -0.25) is 4.98 Å². The smallest absolute Gasteiger partial charge is 0.376 e. The largest absolute Gasteiger partial charge is 0.460 e. The maximum Gasteiger partial charge on any atom is 0.376 e. The Morgan fingerprint density at radius 1 is 1.12 bits per heavy atom. The van der Waals surface area contributed by atoms with Crippen LogP contribution in [0.1, 0.15) is 64.6 Å². The lowest BCUT2D eigenvalue weighted by Crippen LogP contribution is -2.47. The lowest BCUT2D eigenvalue weighted by atomic mass is 10.2. The number of rotatable bonds is 10. The topological polar surface area (TPSA) is 73.6 Å². The van der Waals surface area contributed by atoms with Crippen LogP contribution in [-0.2, 0) is 15.8 Å². The van der Waals surface area contributed by atoms with Gasteiger partial charge in [0.15, 0.2) is 0 Å². The molecule has 6 nitrogen and oxygen atoms in total. The van der Waals surface area contributed by atoms with Crippen molar-refractivity contribution in [1.82, 2.24) is 4.98 Å². The molecule has 1 aromatic carbocycles. The van der Waals surface area contributed by atoms with Crippen LogP contribution in [0.3, 0.4) is 0 Å². The second-order valence-corrected chi connectivity index (χ2v) is 14.9. The summed E-state index contributed by atoms with van der Waals surface area (Å²) in [5, 5.41) is 3.58. The zero-order valence-corrected chi connectivity index (χ0v) is 22.1. The van der Waals surface area contributed by atoms with Crippen molar-refractivity contribution in [3.63, 3.8) is 0 Å². The van der Waals surface area contributed by atoms with Crippen LogP contribution in [0.2, 0.25) is 16.6 Å². The zero-order chi connectivity index (χ0) is 25.0. The summed E-state index contributed by atoms with van der Waals surface area (Å²) in [4.78, 5) is 16.5. The van der Waals surface area contributed by atoms with Gasteiger partial charge in [-0.05, 0) is 47.3 Å². The summed E-state index contributed by atoms with van der Waals surface area (Å²) in [6, 6.07) is 6.62. The molecule has 0 radical (unpaired) electrons. The van der Waals surface area contributed by atoms with Gasteiger partial charge < -0.3 is 18.9 Å². The van der Waals surface area contributed by atoms with E-state index in [-0.39, 0.29) is 18.1 Å². The minimum Gasteiger partial charge on any atom is -0.460 e. The maximum absolute atomic E-state index is 15.1. The Kier molecular flexibility index (Phi) is 8.15. The summed E-state index contributed by atoms with van der Waals surface area (Å²) in [5.74, 6) is -1.08. The molecule has 3 aromatic rings. The maximum atomic E-state index is 15.1. The number of carbonyl (C=O) groups excluding carboxylic acids is 1. The van der Waals surface area contributed by atoms with E-state index in [2.05, 4.69) is 51.8 Å². The molecule has 0 aliphatic carbocycles. The predicted octanol–water partition coefficient (Wildman–Crippen LogP) is 7.58. The van der Waals surface area contributed by atoms with Gasteiger partial charge in [-0.15, -0.1) is 0 Å². The van der Waals surface area contributed by atoms with E-state index in [1.165, 1.54) is 6.07 Å². The molecule has 0 aliphatic heterocycles. The molecule has 2 aromatic heterocycles. The Bertz CT molecular complexity index is 1120. The Morgan fingerprint density at radius 3 is 2.38 bits per heavy atom. The third kappa shape index (κ3) is 5.03. The van der Waals surface area contributed by atoms with Crippen LogP contribution >= 0.6 is 0 Å². The highest BCUT2D eigenvalue weighted by atomic mass is 28.4. The van der Waals surface area contributed by atoms with Crippen molar-refractivity contribution >= 4 is 36.6 Å². The zero-order valence-electron chi connectivity index (χ0n) is 21.1. The van der Waals surface area contributed by atoms with E-state index in [0.717, 1.165) is 5.56 Å². The van der Waals surface area contributed by atoms with E-state index >= 15 is 4.39 Å². The molecule has 0 unspecified atom stereocenters. The van der Waals surface area contributed by atoms with E-state index in [1.807, 2.05) is 6.07 Å². The van der Waals surface area contributed by atoms with Crippen LogP contribution in [-0.4, -0.2) is 25.9 Å². The lowest BCUT2D eigenvalue weighted by Gasteiger charge is -2.42. The highest BCUT2D eigenvalue weighted by Crippen LogP contribution is 2.43. The average molecular weight is 487 g/mol. The van der Waals surface area contributed by atoms with Crippen molar-refractivity contribution < 1.29 is 22.8 Å². The van der Waals surface area contributed by atoms with Gasteiger partial charge in [0, 0.05) is 12.4 Å². The van der Waals surface area contributed by atoms with Crippen molar-refractivity contribution in [1.29, 1.82) is 0 Å². The fourth-order valence-corrected chi connectivity index (χ4v) is 10.4. The second kappa shape index (κ2) is 10.7. The molecule has 2 heterocycles. The molecule has 34 heavy (non-hydrogen) atoms. The van der Waals surface area contributed by atoms with Crippen LogP contribution in [0.25, 0.3) is 11.0 Å². The quantitative estimate of drug-likeness (QED) is 0.235. The number of furan rings is 1. The molecule has 0 bridgehead atoms. The van der Waals surface area contributed by atoms with Gasteiger partial charge in [0.1, 0.15) is 17.1 Å². The molecular formula is C26H35FN2O4Si. The van der Waals surface area contributed by atoms with Gasteiger partial charge in [0.25, 0.3) is 0 Å². The number of pyridine rings is 1. The van der Waals surface area contributed by atoms with Gasteiger partial charge in [0.05, 0.1) is 24.3 Å². The number of nitrogens with one attached hydrogen (secondary N) is 1. The molecule has 3 rings (SSSR count). The molecule has 0 saturated carbocycles. The van der Waals surface area contributed by atoms with Gasteiger partial charge in [-0.25, -0.2) is 9.18 Å². The number of ether oxygens (including phenoxy) is 1. The van der Waals surface area contributed by atoms with Crippen LogP contribution < -0.4 is 5.32 Å². The summed E-state index contributed by atoms with van der Waals surface area (Å²) >= 11 is 0. The van der Waals surface area contributed by atoms with Crippen molar-refractivity contribution in [3.8, 4) is 0 Å². The molecule has 0 aliphatic rings.